The normalized spacial score (nSPS) is 42.8. The van der Waals surface area contributed by atoms with Crippen molar-refractivity contribution >= 4 is 12.0 Å². The maximum Gasteiger partial charge on any atom is 0.199 e. The molecule has 16 heavy (non-hydrogen) atoms. The van der Waals surface area contributed by atoms with E-state index >= 15 is 0 Å². The molecule has 0 aromatic rings. The summed E-state index contributed by atoms with van der Waals surface area (Å²) in [5.41, 5.74) is 0. The van der Waals surface area contributed by atoms with Crippen molar-refractivity contribution < 1.29 is 30.7 Å². The lowest BCUT2D eigenvalue weighted by atomic mass is 10.00. The van der Waals surface area contributed by atoms with Gasteiger partial charge in [0.1, 0.15) is 24.4 Å². The van der Waals surface area contributed by atoms with E-state index in [2.05, 4.69) is 0 Å². The van der Waals surface area contributed by atoms with Crippen molar-refractivity contribution in [2.45, 2.75) is 49.8 Å². The molecule has 1 aliphatic heterocycles. The van der Waals surface area contributed by atoms with Crippen molar-refractivity contribution in [2.75, 3.05) is 6.61 Å². The molecule has 7 heteroatoms. The van der Waals surface area contributed by atoms with Gasteiger partial charge in [-0.15, -0.1) is 0 Å². The van der Waals surface area contributed by atoms with Gasteiger partial charge in [0.25, 0.3) is 0 Å². The summed E-state index contributed by atoms with van der Waals surface area (Å²) in [5.74, 6) is 0. The Morgan fingerprint density at radius 2 is 2.06 bits per heavy atom. The van der Waals surface area contributed by atoms with E-state index in [4.69, 9.17) is 15.4 Å². The predicted octanol–water partition coefficient (Wildman–Crippen LogP) is -1.14. The van der Waals surface area contributed by atoms with Crippen LogP contribution in [-0.2, 0) is 8.92 Å². The first kappa shape index (κ1) is 12.6. The lowest BCUT2D eigenvalue weighted by Crippen LogP contribution is -2.58. The Balaban J connectivity index is 2.53. The quantitative estimate of drug-likeness (QED) is 0.471. The lowest BCUT2D eigenvalue weighted by Gasteiger charge is -2.39. The van der Waals surface area contributed by atoms with Crippen LogP contribution < -0.4 is 0 Å². The minimum atomic E-state index is -1.43. The molecule has 4 N–H and O–H groups in total. The van der Waals surface area contributed by atoms with E-state index in [1.165, 1.54) is 0 Å². The van der Waals surface area contributed by atoms with E-state index in [9.17, 15) is 15.3 Å². The zero-order valence-corrected chi connectivity index (χ0v) is 9.71. The molecule has 1 saturated heterocycles. The largest absolute Gasteiger partial charge is 0.394 e. The monoisotopic (exact) mass is 255 g/mol. The predicted molar refractivity (Wildman–Crippen MR) is 57.6 cm³/mol. The fourth-order valence-electron chi connectivity index (χ4n) is 1.30. The molecule has 0 bridgehead atoms. The average molecular weight is 255 g/mol. The Morgan fingerprint density at radius 1 is 1.38 bits per heavy atom. The van der Waals surface area contributed by atoms with Crippen molar-refractivity contribution in [3.8, 4) is 0 Å². The number of hydrogen-bond acceptors (Lipinski definition) is 7. The topological polar surface area (TPSA) is 99.4 Å². The second kappa shape index (κ2) is 6.15. The zero-order valence-electron chi connectivity index (χ0n) is 9.89. The fourth-order valence-corrected chi connectivity index (χ4v) is 1.75. The highest BCUT2D eigenvalue weighted by Gasteiger charge is 2.44. The number of hydrogen-bond donors (Lipinski definition) is 4. The first-order chi connectivity index (χ1) is 8.01. The average Bonchev–Trinajstić information content (AvgIpc) is 2.34. The highest BCUT2D eigenvalue weighted by Crippen LogP contribution is 2.26. The minimum absolute atomic E-state index is 0.109. The molecule has 1 rings (SSSR count). The zero-order chi connectivity index (χ0) is 13.0. The van der Waals surface area contributed by atoms with Crippen molar-refractivity contribution in [2.24, 2.45) is 0 Å². The van der Waals surface area contributed by atoms with Crippen LogP contribution in [0.4, 0.5) is 0 Å². The molecule has 0 aliphatic carbocycles. The third-order valence-electron chi connectivity index (χ3n) is 2.16. The van der Waals surface area contributed by atoms with Crippen molar-refractivity contribution in [3.63, 3.8) is 0 Å². The molecule has 0 spiro atoms. The van der Waals surface area contributed by atoms with Gasteiger partial charge in [0.05, 0.1) is 6.61 Å². The summed E-state index contributed by atoms with van der Waals surface area (Å²) in [6.07, 6.45) is -6.31. The van der Waals surface area contributed by atoms with Gasteiger partial charge in [-0.2, -0.15) is 0 Å². The second-order valence-electron chi connectivity index (χ2n) is 3.70. The van der Waals surface area contributed by atoms with Gasteiger partial charge >= 0.3 is 0 Å². The van der Waals surface area contributed by atoms with E-state index in [1.807, 2.05) is 0 Å². The molecule has 0 radical (unpaired) electrons. The van der Waals surface area contributed by atoms with Gasteiger partial charge in [-0.3, -0.25) is 4.18 Å². The van der Waals surface area contributed by atoms with Gasteiger partial charge in [-0.25, -0.2) is 0 Å². The van der Waals surface area contributed by atoms with Gasteiger partial charge in [0, 0.05) is 6.62 Å². The maximum absolute atomic E-state index is 9.60. The van der Waals surface area contributed by atoms with Crippen LogP contribution in [0, 0.1) is 0 Å². The summed E-state index contributed by atoms with van der Waals surface area (Å²) in [5, 5.41) is 37.4. The third kappa shape index (κ3) is 3.30. The first-order valence-corrected chi connectivity index (χ1v) is 5.73. The SMILES string of the molecule is [2H]CC(C)SOC1O[C@H](CO)[C@H](O)[C@H](O)[C@H]1O. The summed E-state index contributed by atoms with van der Waals surface area (Å²) in [4.78, 5) is 0. The van der Waals surface area contributed by atoms with Crippen LogP contribution in [0.2, 0.25) is 0 Å². The van der Waals surface area contributed by atoms with Crippen LogP contribution in [0.1, 0.15) is 15.2 Å². The Morgan fingerprint density at radius 3 is 2.62 bits per heavy atom. The summed E-state index contributed by atoms with van der Waals surface area (Å²) in [7, 11) is 0. The fraction of sp³-hybridized carbons (Fsp3) is 1.00. The molecule has 1 fully saturated rings. The summed E-state index contributed by atoms with van der Waals surface area (Å²) in [6, 6.07) is 0. The standard InChI is InChI=1S/C9H18O6S/c1-4(2)16-15-9-8(13)7(12)6(11)5(3-10)14-9/h4-13H,3H2,1-2H3/t5-,6+,7+,8-,9?/m1/s1/i1D/t4?,5-,6+,7+,8-,9?. The molecule has 6 nitrogen and oxygen atoms in total. The highest BCUT2D eigenvalue weighted by atomic mass is 32.2. The number of rotatable bonds is 4. The Labute approximate surface area is 99.8 Å². The van der Waals surface area contributed by atoms with Crippen LogP contribution in [0.25, 0.3) is 0 Å². The molecule has 1 heterocycles. The van der Waals surface area contributed by atoms with E-state index in [-0.39, 0.29) is 12.1 Å². The van der Waals surface area contributed by atoms with Crippen LogP contribution >= 0.6 is 12.0 Å². The summed E-state index contributed by atoms with van der Waals surface area (Å²) in [6.45, 7) is 1.42. The maximum atomic E-state index is 9.60. The molecule has 1 aliphatic rings. The second-order valence-corrected chi connectivity index (χ2v) is 4.89. The molecule has 2 unspecified atom stereocenters. The lowest BCUT2D eigenvalue weighted by molar-refractivity contribution is -0.274. The first-order valence-electron chi connectivity index (χ1n) is 5.63. The van der Waals surface area contributed by atoms with Gasteiger partial charge in [-0.05, 0) is 12.0 Å². The van der Waals surface area contributed by atoms with Crippen molar-refractivity contribution in [1.82, 2.24) is 0 Å². The third-order valence-corrected chi connectivity index (χ3v) is 2.79. The van der Waals surface area contributed by atoms with Crippen LogP contribution in [0.5, 0.6) is 0 Å². The van der Waals surface area contributed by atoms with Gasteiger partial charge in [0.15, 0.2) is 6.29 Å². The van der Waals surface area contributed by atoms with Gasteiger partial charge in [-0.1, -0.05) is 13.8 Å². The Bertz CT molecular complexity index is 232. The van der Waals surface area contributed by atoms with Crippen LogP contribution in [0.3, 0.4) is 0 Å². The highest BCUT2D eigenvalue weighted by molar-refractivity contribution is 7.95. The number of aliphatic hydroxyl groups excluding tert-OH is 4. The Hall–Kier alpha value is 0.110. The summed E-state index contributed by atoms with van der Waals surface area (Å²) >= 11 is 0.956. The van der Waals surface area contributed by atoms with Crippen LogP contribution in [-0.4, -0.2) is 63.0 Å². The van der Waals surface area contributed by atoms with Crippen molar-refractivity contribution in [1.29, 1.82) is 0 Å². The van der Waals surface area contributed by atoms with E-state index in [0.717, 1.165) is 12.0 Å². The molecular weight excluding hydrogens is 236 g/mol. The van der Waals surface area contributed by atoms with Crippen molar-refractivity contribution in [3.05, 3.63) is 0 Å². The smallest absolute Gasteiger partial charge is 0.199 e. The van der Waals surface area contributed by atoms with Gasteiger partial charge < -0.3 is 25.2 Å². The van der Waals surface area contributed by atoms with E-state index in [1.54, 1.807) is 6.92 Å². The van der Waals surface area contributed by atoms with Gasteiger partial charge in [0.2, 0.25) is 0 Å². The number of aliphatic hydroxyl groups is 4. The molecule has 0 amide bonds. The Kier molecular flexibility index (Phi) is 4.83. The molecule has 0 aromatic heterocycles. The van der Waals surface area contributed by atoms with E-state index in [0.29, 0.717) is 0 Å². The molecule has 0 aromatic carbocycles. The molecule has 6 atom stereocenters. The number of ether oxygens (including phenoxy) is 1. The molecular formula is C9H18O6S. The minimum Gasteiger partial charge on any atom is -0.394 e. The molecule has 96 valence electrons. The van der Waals surface area contributed by atoms with E-state index < -0.39 is 37.3 Å². The van der Waals surface area contributed by atoms with Crippen LogP contribution in [0.15, 0.2) is 0 Å². The molecule has 0 saturated carbocycles. The summed E-state index contributed by atoms with van der Waals surface area (Å²) < 4.78 is 17.3.